The third-order valence-corrected chi connectivity index (χ3v) is 5.56. The van der Waals surface area contributed by atoms with Crippen LogP contribution >= 0.6 is 24.0 Å². The number of rotatable bonds is 7. The van der Waals surface area contributed by atoms with Crippen LogP contribution in [0.25, 0.3) is 0 Å². The van der Waals surface area contributed by atoms with Gasteiger partial charge >= 0.3 is 0 Å². The molecule has 0 bridgehead atoms. The quantitative estimate of drug-likeness (QED) is 0.327. The van der Waals surface area contributed by atoms with Crippen LogP contribution in [0.2, 0.25) is 0 Å². The summed E-state index contributed by atoms with van der Waals surface area (Å²) in [6, 6.07) is 11.2. The molecule has 1 unspecified atom stereocenters. The summed E-state index contributed by atoms with van der Waals surface area (Å²) in [6.45, 7) is 9.11. The molecule has 29 heavy (non-hydrogen) atoms. The fourth-order valence-electron chi connectivity index (χ4n) is 3.74. The van der Waals surface area contributed by atoms with E-state index >= 15 is 0 Å². The molecule has 6 nitrogen and oxygen atoms in total. The van der Waals surface area contributed by atoms with Gasteiger partial charge in [-0.15, -0.1) is 24.0 Å². The second-order valence-electron chi connectivity index (χ2n) is 7.57. The van der Waals surface area contributed by atoms with Crippen LogP contribution in [0.5, 0.6) is 0 Å². The molecule has 1 atom stereocenters. The van der Waals surface area contributed by atoms with E-state index < -0.39 is 0 Å². The van der Waals surface area contributed by atoms with Gasteiger partial charge in [0.2, 0.25) is 0 Å². The molecule has 1 aromatic carbocycles. The van der Waals surface area contributed by atoms with Gasteiger partial charge in [0.05, 0.1) is 12.2 Å². The van der Waals surface area contributed by atoms with Crippen molar-refractivity contribution in [1.29, 1.82) is 0 Å². The summed E-state index contributed by atoms with van der Waals surface area (Å²) in [5.41, 5.74) is 3.63. The van der Waals surface area contributed by atoms with Crippen molar-refractivity contribution in [3.05, 3.63) is 47.3 Å². The number of hydrogen-bond acceptors (Lipinski definition) is 4. The largest absolute Gasteiger partial charge is 0.369 e. The molecule has 3 rings (SSSR count). The maximum absolute atomic E-state index is 5.50. The molecule has 0 radical (unpaired) electrons. The minimum atomic E-state index is 0. The van der Waals surface area contributed by atoms with E-state index in [1.807, 2.05) is 0 Å². The number of nitrogens with zero attached hydrogens (tertiary/aromatic N) is 3. The molecule has 2 N–H and O–H groups in total. The molecule has 1 aromatic heterocycles. The zero-order valence-electron chi connectivity index (χ0n) is 17.9. The summed E-state index contributed by atoms with van der Waals surface area (Å²) in [6.07, 6.45) is 3.26. The van der Waals surface area contributed by atoms with E-state index in [1.54, 1.807) is 7.05 Å². The topological polar surface area (TPSA) is 65.7 Å². The second-order valence-corrected chi connectivity index (χ2v) is 7.57. The molecule has 7 heteroatoms. The predicted molar refractivity (Wildman–Crippen MR) is 130 cm³/mol. The van der Waals surface area contributed by atoms with Gasteiger partial charge in [-0.2, -0.15) is 0 Å². The summed E-state index contributed by atoms with van der Waals surface area (Å²) in [4.78, 5) is 6.78. The number of hydrogen-bond donors (Lipinski definition) is 2. The molecular weight excluding hydrogens is 477 g/mol. The first-order valence-electron chi connectivity index (χ1n) is 10.4. The molecule has 1 saturated heterocycles. The highest BCUT2D eigenvalue weighted by Gasteiger charge is 2.23. The Kier molecular flexibility index (Phi) is 9.26. The van der Waals surface area contributed by atoms with Crippen molar-refractivity contribution in [1.82, 2.24) is 15.8 Å². The highest BCUT2D eigenvalue weighted by molar-refractivity contribution is 14.0. The summed E-state index contributed by atoms with van der Waals surface area (Å²) < 4.78 is 5.50. The van der Waals surface area contributed by atoms with Gasteiger partial charge in [0.1, 0.15) is 0 Å². The van der Waals surface area contributed by atoms with Gasteiger partial charge in [0, 0.05) is 43.9 Å². The first-order valence-corrected chi connectivity index (χ1v) is 10.4. The normalized spacial score (nSPS) is 16.8. The summed E-state index contributed by atoms with van der Waals surface area (Å²) in [7, 11) is 1.80. The van der Waals surface area contributed by atoms with Crippen LogP contribution in [-0.4, -0.2) is 37.3 Å². The van der Waals surface area contributed by atoms with Crippen molar-refractivity contribution < 1.29 is 4.52 Å². The Bertz CT molecular complexity index is 770. The van der Waals surface area contributed by atoms with E-state index in [-0.39, 0.29) is 24.0 Å². The Morgan fingerprint density at radius 1 is 1.28 bits per heavy atom. The van der Waals surface area contributed by atoms with Gasteiger partial charge in [-0.25, -0.2) is 0 Å². The lowest BCUT2D eigenvalue weighted by Gasteiger charge is -2.20. The molecule has 0 spiro atoms. The Balaban J connectivity index is 0.00000300. The Morgan fingerprint density at radius 2 is 2.00 bits per heavy atom. The first kappa shape index (κ1) is 23.5. The molecule has 0 amide bonds. The molecular formula is C22H34IN5O. The third-order valence-electron chi connectivity index (χ3n) is 5.56. The number of halogens is 1. The average molecular weight is 511 g/mol. The monoisotopic (exact) mass is 511 g/mol. The van der Waals surface area contributed by atoms with Crippen LogP contribution in [0.4, 0.5) is 5.69 Å². The Labute approximate surface area is 191 Å². The SMILES string of the molecule is CCC(CC)c1cc(CNC(=NC)NC2CCN(c3ccc(C)cc3)C2)on1.I. The van der Waals surface area contributed by atoms with Gasteiger partial charge in [-0.05, 0) is 38.3 Å². The summed E-state index contributed by atoms with van der Waals surface area (Å²) in [5.74, 6) is 2.12. The predicted octanol–water partition coefficient (Wildman–Crippen LogP) is 4.45. The van der Waals surface area contributed by atoms with Crippen LogP contribution in [-0.2, 0) is 6.54 Å². The number of aromatic nitrogens is 1. The number of anilines is 1. The minimum Gasteiger partial charge on any atom is -0.369 e. The maximum atomic E-state index is 5.50. The Morgan fingerprint density at radius 3 is 2.66 bits per heavy atom. The van der Waals surface area contributed by atoms with E-state index in [1.165, 1.54) is 11.3 Å². The van der Waals surface area contributed by atoms with E-state index in [0.717, 1.165) is 49.8 Å². The molecule has 160 valence electrons. The minimum absolute atomic E-state index is 0. The van der Waals surface area contributed by atoms with Gasteiger partial charge in [0.25, 0.3) is 0 Å². The number of guanidine groups is 1. The van der Waals surface area contributed by atoms with E-state index in [2.05, 4.69) is 76.8 Å². The van der Waals surface area contributed by atoms with Crippen LogP contribution < -0.4 is 15.5 Å². The zero-order chi connectivity index (χ0) is 19.9. The third kappa shape index (κ3) is 6.35. The van der Waals surface area contributed by atoms with Gasteiger partial charge in [0.15, 0.2) is 11.7 Å². The van der Waals surface area contributed by atoms with Crippen LogP contribution in [0.3, 0.4) is 0 Å². The standard InChI is InChI=1S/C22H33N5O.HI/c1-5-17(6-2)21-13-20(28-26-21)14-24-22(23-4)25-18-11-12-27(15-18)19-9-7-16(3)8-10-19;/h7-10,13,17-18H,5-6,11-12,14-15H2,1-4H3,(H2,23,24,25);1H. The van der Waals surface area contributed by atoms with E-state index in [4.69, 9.17) is 4.52 Å². The summed E-state index contributed by atoms with van der Waals surface area (Å²) in [5, 5.41) is 11.1. The van der Waals surface area contributed by atoms with Crippen LogP contribution in [0.15, 0.2) is 39.8 Å². The molecule has 0 saturated carbocycles. The van der Waals surface area contributed by atoms with Crippen LogP contribution in [0.1, 0.15) is 56.0 Å². The molecule has 2 heterocycles. The number of aliphatic imine (C=N–C) groups is 1. The lowest BCUT2D eigenvalue weighted by atomic mass is 9.99. The zero-order valence-corrected chi connectivity index (χ0v) is 20.3. The van der Waals surface area contributed by atoms with Gasteiger partial charge in [-0.3, -0.25) is 4.99 Å². The van der Waals surface area contributed by atoms with Crippen LogP contribution in [0, 0.1) is 6.92 Å². The Hall–Kier alpha value is -1.77. The van der Waals surface area contributed by atoms with E-state index in [9.17, 15) is 0 Å². The fraction of sp³-hybridized carbons (Fsp3) is 0.545. The van der Waals surface area contributed by atoms with E-state index in [0.29, 0.717) is 18.5 Å². The highest BCUT2D eigenvalue weighted by atomic mass is 127. The molecule has 1 aliphatic rings. The van der Waals surface area contributed by atoms with Crippen molar-refractivity contribution in [2.24, 2.45) is 4.99 Å². The van der Waals surface area contributed by atoms with Crippen molar-refractivity contribution in [2.45, 2.75) is 58.5 Å². The maximum Gasteiger partial charge on any atom is 0.191 e. The molecule has 2 aromatic rings. The molecule has 1 fully saturated rings. The van der Waals surface area contributed by atoms with Crippen molar-refractivity contribution in [3.63, 3.8) is 0 Å². The van der Waals surface area contributed by atoms with Gasteiger partial charge in [-0.1, -0.05) is 36.7 Å². The van der Waals surface area contributed by atoms with Crippen molar-refractivity contribution >= 4 is 35.6 Å². The van der Waals surface area contributed by atoms with Crippen molar-refractivity contribution in [2.75, 3.05) is 25.0 Å². The lowest BCUT2D eigenvalue weighted by Crippen LogP contribution is -2.44. The summed E-state index contributed by atoms with van der Waals surface area (Å²) >= 11 is 0. The first-order chi connectivity index (χ1) is 13.6. The lowest BCUT2D eigenvalue weighted by molar-refractivity contribution is 0.368. The molecule has 0 aliphatic carbocycles. The number of nitrogens with one attached hydrogen (secondary N) is 2. The average Bonchev–Trinajstić information content (AvgIpc) is 3.37. The highest BCUT2D eigenvalue weighted by Crippen LogP contribution is 2.22. The molecule has 1 aliphatic heterocycles. The fourth-order valence-corrected chi connectivity index (χ4v) is 3.74. The smallest absolute Gasteiger partial charge is 0.191 e. The number of benzene rings is 1. The number of aryl methyl sites for hydroxylation is 1. The van der Waals surface area contributed by atoms with Gasteiger partial charge < -0.3 is 20.1 Å². The van der Waals surface area contributed by atoms with Crippen molar-refractivity contribution in [3.8, 4) is 0 Å². The second kappa shape index (κ2) is 11.4.